The first-order chi connectivity index (χ1) is 9.51. The first-order valence-electron chi connectivity index (χ1n) is 8.58. The van der Waals surface area contributed by atoms with E-state index in [9.17, 15) is 5.11 Å². The fourth-order valence-corrected chi connectivity index (χ4v) is 4.33. The third-order valence-electron chi connectivity index (χ3n) is 6.08. The van der Waals surface area contributed by atoms with E-state index in [0.717, 1.165) is 39.0 Å². The monoisotopic (exact) mass is 283 g/mol. The van der Waals surface area contributed by atoms with E-state index in [1.54, 1.807) is 0 Å². The van der Waals surface area contributed by atoms with Crippen LogP contribution in [0.15, 0.2) is 0 Å². The lowest BCUT2D eigenvalue weighted by Gasteiger charge is -2.52. The minimum atomic E-state index is -0.242. The molecule has 0 bridgehead atoms. The molecule has 1 heterocycles. The Hall–Kier alpha value is -0.120. The zero-order valence-electron chi connectivity index (χ0n) is 13.8. The summed E-state index contributed by atoms with van der Waals surface area (Å²) in [6.45, 7) is 11.7. The lowest BCUT2D eigenvalue weighted by Crippen LogP contribution is -2.59. The minimum absolute atomic E-state index is 0.101. The molecule has 118 valence electrons. The number of hydrogen-bond acceptors (Lipinski definition) is 3. The van der Waals surface area contributed by atoms with Crippen molar-refractivity contribution >= 4 is 0 Å². The van der Waals surface area contributed by atoms with Crippen LogP contribution in [0.1, 0.15) is 66.2 Å². The Balaban J connectivity index is 2.09. The summed E-state index contributed by atoms with van der Waals surface area (Å²) in [7, 11) is 0. The molecule has 3 nitrogen and oxygen atoms in total. The van der Waals surface area contributed by atoms with Gasteiger partial charge in [-0.05, 0) is 64.5 Å². The third kappa shape index (κ3) is 2.77. The lowest BCUT2D eigenvalue weighted by atomic mass is 9.68. The minimum Gasteiger partial charge on any atom is -0.391 e. The van der Waals surface area contributed by atoms with Gasteiger partial charge in [0.1, 0.15) is 0 Å². The van der Waals surface area contributed by atoms with Crippen LogP contribution in [0.2, 0.25) is 0 Å². The van der Waals surface area contributed by atoms with E-state index < -0.39 is 0 Å². The van der Waals surface area contributed by atoms with E-state index in [-0.39, 0.29) is 17.2 Å². The smallest absolute Gasteiger partial charge is 0.0751 e. The van der Waals surface area contributed by atoms with Gasteiger partial charge in [0, 0.05) is 12.1 Å². The van der Waals surface area contributed by atoms with E-state index in [1.165, 1.54) is 19.3 Å². The molecule has 20 heavy (non-hydrogen) atoms. The molecule has 1 N–H and O–H groups in total. The Morgan fingerprint density at radius 1 is 1.30 bits per heavy atom. The Kier molecular flexibility index (Phi) is 5.14. The van der Waals surface area contributed by atoms with Crippen molar-refractivity contribution in [2.75, 3.05) is 19.7 Å². The van der Waals surface area contributed by atoms with Gasteiger partial charge in [0.2, 0.25) is 0 Å². The summed E-state index contributed by atoms with van der Waals surface area (Å²) in [6, 6.07) is 0. The van der Waals surface area contributed by atoms with Crippen LogP contribution in [0, 0.1) is 5.92 Å². The summed E-state index contributed by atoms with van der Waals surface area (Å²) < 4.78 is 6.02. The molecule has 3 heteroatoms. The molecule has 2 rings (SSSR count). The quantitative estimate of drug-likeness (QED) is 0.812. The fraction of sp³-hybridized carbons (Fsp3) is 1.00. The van der Waals surface area contributed by atoms with Gasteiger partial charge >= 0.3 is 0 Å². The average molecular weight is 283 g/mol. The van der Waals surface area contributed by atoms with Crippen LogP contribution < -0.4 is 0 Å². The van der Waals surface area contributed by atoms with Gasteiger partial charge in [-0.15, -0.1) is 0 Å². The highest BCUT2D eigenvalue weighted by Crippen LogP contribution is 2.46. The topological polar surface area (TPSA) is 32.7 Å². The van der Waals surface area contributed by atoms with Crippen LogP contribution in [0.3, 0.4) is 0 Å². The van der Waals surface area contributed by atoms with E-state index in [0.29, 0.717) is 5.92 Å². The van der Waals surface area contributed by atoms with Crippen LogP contribution in [0.5, 0.6) is 0 Å². The molecular formula is C17H33NO2. The van der Waals surface area contributed by atoms with Crippen molar-refractivity contribution in [3.05, 3.63) is 0 Å². The number of aliphatic hydroxyl groups excluding tert-OH is 1. The van der Waals surface area contributed by atoms with Crippen molar-refractivity contribution in [3.63, 3.8) is 0 Å². The predicted octanol–water partition coefficient (Wildman–Crippen LogP) is 3.21. The molecule has 2 fully saturated rings. The van der Waals surface area contributed by atoms with Gasteiger partial charge in [0.25, 0.3) is 0 Å². The van der Waals surface area contributed by atoms with Crippen molar-refractivity contribution in [1.82, 2.24) is 4.90 Å². The lowest BCUT2D eigenvalue weighted by molar-refractivity contribution is -0.170. The normalized spacial score (nSPS) is 30.0. The molecule has 3 unspecified atom stereocenters. The summed E-state index contributed by atoms with van der Waals surface area (Å²) in [5.41, 5.74) is 0.0260. The predicted molar refractivity (Wildman–Crippen MR) is 82.9 cm³/mol. The molecule has 0 aromatic carbocycles. The molecule has 1 aliphatic carbocycles. The van der Waals surface area contributed by atoms with Crippen LogP contribution in [-0.2, 0) is 4.74 Å². The number of likely N-dealkylation sites (N-methyl/N-ethyl adjacent to an activating group) is 1. The Bertz CT molecular complexity index is 312. The van der Waals surface area contributed by atoms with Gasteiger partial charge in [-0.2, -0.15) is 0 Å². The highest BCUT2D eigenvalue weighted by Gasteiger charge is 2.48. The molecule has 1 saturated carbocycles. The maximum absolute atomic E-state index is 11.1. The van der Waals surface area contributed by atoms with Crippen LogP contribution >= 0.6 is 0 Å². The van der Waals surface area contributed by atoms with Gasteiger partial charge in [-0.1, -0.05) is 20.8 Å². The summed E-state index contributed by atoms with van der Waals surface area (Å²) in [5, 5.41) is 11.1. The van der Waals surface area contributed by atoms with Gasteiger partial charge in [-0.25, -0.2) is 0 Å². The van der Waals surface area contributed by atoms with Crippen molar-refractivity contribution in [2.24, 2.45) is 5.92 Å². The van der Waals surface area contributed by atoms with Crippen molar-refractivity contribution in [2.45, 2.75) is 83.5 Å². The van der Waals surface area contributed by atoms with Gasteiger partial charge in [0.05, 0.1) is 11.7 Å². The Morgan fingerprint density at radius 2 is 1.95 bits per heavy atom. The number of rotatable bonds is 6. The Labute approximate surface area is 124 Å². The van der Waals surface area contributed by atoms with Crippen molar-refractivity contribution in [1.29, 1.82) is 0 Å². The van der Waals surface area contributed by atoms with Crippen LogP contribution in [0.25, 0.3) is 0 Å². The van der Waals surface area contributed by atoms with Crippen LogP contribution in [0.4, 0.5) is 0 Å². The zero-order valence-corrected chi connectivity index (χ0v) is 13.8. The summed E-state index contributed by atoms with van der Waals surface area (Å²) in [4.78, 5) is 2.43. The standard InChI is InChI=1S/C17H33NO2/c1-5-16(4,18(6-2)7-3)15(19)14-9-12-20-17(13-14)10-8-11-17/h14-15,19H,5-13H2,1-4H3. The first kappa shape index (κ1) is 16.3. The van der Waals surface area contributed by atoms with Gasteiger partial charge < -0.3 is 9.84 Å². The van der Waals surface area contributed by atoms with Gasteiger partial charge in [-0.3, -0.25) is 4.90 Å². The first-order valence-corrected chi connectivity index (χ1v) is 8.58. The van der Waals surface area contributed by atoms with Crippen molar-refractivity contribution < 1.29 is 9.84 Å². The van der Waals surface area contributed by atoms with Gasteiger partial charge in [0.15, 0.2) is 0 Å². The maximum atomic E-state index is 11.1. The molecule has 3 atom stereocenters. The van der Waals surface area contributed by atoms with E-state index in [4.69, 9.17) is 4.74 Å². The fourth-order valence-electron chi connectivity index (χ4n) is 4.33. The summed E-state index contributed by atoms with van der Waals surface area (Å²) in [6.07, 6.45) is 6.53. The Morgan fingerprint density at radius 3 is 2.40 bits per heavy atom. The molecular weight excluding hydrogens is 250 g/mol. The summed E-state index contributed by atoms with van der Waals surface area (Å²) in [5.74, 6) is 0.398. The largest absolute Gasteiger partial charge is 0.391 e. The molecule has 0 radical (unpaired) electrons. The zero-order chi connectivity index (χ0) is 14.8. The molecule has 0 amide bonds. The van der Waals surface area contributed by atoms with E-state index in [2.05, 4.69) is 32.6 Å². The molecule has 1 saturated heterocycles. The second kappa shape index (κ2) is 6.33. The van der Waals surface area contributed by atoms with E-state index >= 15 is 0 Å². The molecule has 1 aliphatic heterocycles. The number of ether oxygens (including phenoxy) is 1. The second-order valence-corrected chi connectivity index (χ2v) is 6.97. The average Bonchev–Trinajstić information content (AvgIpc) is 2.45. The number of aliphatic hydroxyl groups is 1. The van der Waals surface area contributed by atoms with Crippen molar-refractivity contribution in [3.8, 4) is 0 Å². The second-order valence-electron chi connectivity index (χ2n) is 6.97. The SMILES string of the molecule is CCN(CC)C(C)(CC)C(O)C1CCOC2(CCC2)C1. The molecule has 0 aromatic heterocycles. The maximum Gasteiger partial charge on any atom is 0.0751 e. The molecule has 0 aromatic rings. The molecule has 2 aliphatic rings. The number of nitrogens with zero attached hydrogens (tertiary/aromatic N) is 1. The third-order valence-corrected chi connectivity index (χ3v) is 6.08. The van der Waals surface area contributed by atoms with Crippen LogP contribution in [-0.4, -0.2) is 46.9 Å². The summed E-state index contributed by atoms with van der Waals surface area (Å²) >= 11 is 0. The highest BCUT2D eigenvalue weighted by molar-refractivity contribution is 5.01. The number of hydrogen-bond donors (Lipinski definition) is 1. The molecule has 1 spiro atoms. The van der Waals surface area contributed by atoms with E-state index in [1.807, 2.05) is 0 Å². The highest BCUT2D eigenvalue weighted by atomic mass is 16.5.